The van der Waals surface area contributed by atoms with Gasteiger partial charge in [-0.15, -0.1) is 11.3 Å². The number of anilines is 2. The minimum absolute atomic E-state index is 1.11. The van der Waals surface area contributed by atoms with Gasteiger partial charge in [-0.3, -0.25) is 0 Å². The van der Waals surface area contributed by atoms with Crippen molar-refractivity contribution in [3.05, 3.63) is 121 Å². The summed E-state index contributed by atoms with van der Waals surface area (Å²) in [5.41, 5.74) is 4.77. The maximum Gasteiger partial charge on any atom is 0.0590 e. The first-order chi connectivity index (χ1) is 16.8. The number of benzene rings is 6. The van der Waals surface area contributed by atoms with E-state index in [2.05, 4.69) is 127 Å². The van der Waals surface area contributed by atoms with Gasteiger partial charge in [-0.1, -0.05) is 91.0 Å². The van der Waals surface area contributed by atoms with Crippen LogP contribution in [0.25, 0.3) is 52.8 Å². The molecule has 34 heavy (non-hydrogen) atoms. The molecular weight excluding hydrogens is 430 g/mol. The first kappa shape index (κ1) is 19.3. The van der Waals surface area contributed by atoms with Crippen LogP contribution in [0.1, 0.15) is 0 Å². The third-order valence-electron chi connectivity index (χ3n) is 6.63. The Morgan fingerprint density at radius 3 is 2.09 bits per heavy atom. The van der Waals surface area contributed by atoms with Crippen molar-refractivity contribution < 1.29 is 0 Å². The van der Waals surface area contributed by atoms with Crippen molar-refractivity contribution in [1.82, 2.24) is 0 Å². The van der Waals surface area contributed by atoms with Gasteiger partial charge in [-0.2, -0.15) is 0 Å². The van der Waals surface area contributed by atoms with Gasteiger partial charge in [0.1, 0.15) is 0 Å². The summed E-state index contributed by atoms with van der Waals surface area (Å²) in [6.07, 6.45) is 0. The first-order valence-electron chi connectivity index (χ1n) is 11.5. The van der Waals surface area contributed by atoms with E-state index in [0.29, 0.717) is 0 Å². The van der Waals surface area contributed by atoms with Gasteiger partial charge in [-0.05, 0) is 63.0 Å². The lowest BCUT2D eigenvalue weighted by molar-refractivity contribution is 1.62. The van der Waals surface area contributed by atoms with E-state index in [0.717, 1.165) is 11.4 Å². The molecule has 0 aliphatic carbocycles. The summed E-state index contributed by atoms with van der Waals surface area (Å²) in [5, 5.41) is 11.4. The molecule has 160 valence electrons. The third kappa shape index (κ3) is 3.15. The monoisotopic (exact) mass is 451 g/mol. The van der Waals surface area contributed by atoms with Crippen LogP contribution in [-0.2, 0) is 0 Å². The normalized spacial score (nSPS) is 11.5. The van der Waals surface area contributed by atoms with Crippen LogP contribution in [0.15, 0.2) is 121 Å². The van der Waals surface area contributed by atoms with Crippen LogP contribution in [0.3, 0.4) is 0 Å². The molecule has 6 aromatic carbocycles. The lowest BCUT2D eigenvalue weighted by Gasteiger charge is -2.11. The molecule has 0 atom stereocenters. The standard InChI is InChI=1S/C32H21NS/c1-2-7-21(8-3-1)22-15-17-26-23(19-22)13-14-24-20-25(16-18-27(24)26)33-30-11-6-10-29-28-9-4-5-12-31(28)34-32(29)30/h1-20,33H. The molecule has 0 saturated carbocycles. The Morgan fingerprint density at radius 2 is 1.21 bits per heavy atom. The number of hydrogen-bond donors (Lipinski definition) is 1. The number of hydrogen-bond acceptors (Lipinski definition) is 2. The van der Waals surface area contributed by atoms with Crippen molar-refractivity contribution in [3.8, 4) is 11.1 Å². The number of nitrogens with one attached hydrogen (secondary N) is 1. The van der Waals surface area contributed by atoms with E-state index in [-0.39, 0.29) is 0 Å². The number of thiophene rings is 1. The van der Waals surface area contributed by atoms with E-state index in [1.54, 1.807) is 0 Å². The lowest BCUT2D eigenvalue weighted by atomic mass is 9.97. The highest BCUT2D eigenvalue weighted by Gasteiger charge is 2.09. The minimum atomic E-state index is 1.11. The second kappa shape index (κ2) is 7.72. The summed E-state index contributed by atoms with van der Waals surface area (Å²) in [6.45, 7) is 0. The highest BCUT2D eigenvalue weighted by molar-refractivity contribution is 7.26. The number of rotatable bonds is 3. The van der Waals surface area contributed by atoms with Gasteiger partial charge in [0.2, 0.25) is 0 Å². The van der Waals surface area contributed by atoms with E-state index in [1.165, 1.54) is 52.8 Å². The fourth-order valence-electron chi connectivity index (χ4n) is 4.96. The maximum atomic E-state index is 3.69. The zero-order valence-electron chi connectivity index (χ0n) is 18.5. The summed E-state index contributed by atoms with van der Waals surface area (Å²) in [4.78, 5) is 0. The van der Waals surface area contributed by atoms with Crippen molar-refractivity contribution in [2.45, 2.75) is 0 Å². The molecular formula is C32H21NS. The molecule has 0 saturated heterocycles. The van der Waals surface area contributed by atoms with Crippen LogP contribution in [0.4, 0.5) is 11.4 Å². The Morgan fingerprint density at radius 1 is 0.471 bits per heavy atom. The maximum absolute atomic E-state index is 3.69. The van der Waals surface area contributed by atoms with Crippen LogP contribution in [0.2, 0.25) is 0 Å². The molecule has 0 fully saturated rings. The highest BCUT2D eigenvalue weighted by Crippen LogP contribution is 2.39. The Bertz CT molecular complexity index is 1830. The third-order valence-corrected chi connectivity index (χ3v) is 7.85. The van der Waals surface area contributed by atoms with Crippen LogP contribution in [0.5, 0.6) is 0 Å². The topological polar surface area (TPSA) is 12.0 Å². The summed E-state index contributed by atoms with van der Waals surface area (Å²) in [6, 6.07) is 43.7. The number of fused-ring (bicyclic) bond motifs is 6. The first-order valence-corrected chi connectivity index (χ1v) is 12.3. The van der Waals surface area contributed by atoms with Crippen molar-refractivity contribution >= 4 is 64.4 Å². The van der Waals surface area contributed by atoms with Crippen LogP contribution in [-0.4, -0.2) is 0 Å². The van der Waals surface area contributed by atoms with E-state index in [4.69, 9.17) is 0 Å². The van der Waals surface area contributed by atoms with E-state index >= 15 is 0 Å². The SMILES string of the molecule is c1ccc(-c2ccc3c(ccc4cc(Nc5cccc6c5sc5ccccc56)ccc43)c2)cc1. The summed E-state index contributed by atoms with van der Waals surface area (Å²) >= 11 is 1.85. The molecule has 1 N–H and O–H groups in total. The van der Waals surface area contributed by atoms with Crippen molar-refractivity contribution in [3.63, 3.8) is 0 Å². The summed E-state index contributed by atoms with van der Waals surface area (Å²) < 4.78 is 2.63. The predicted molar refractivity (Wildman–Crippen MR) is 150 cm³/mol. The molecule has 0 aliphatic heterocycles. The molecule has 0 bridgehead atoms. The molecule has 7 aromatic rings. The average Bonchev–Trinajstić information content (AvgIpc) is 3.28. The van der Waals surface area contributed by atoms with Gasteiger partial charge < -0.3 is 5.32 Å². The molecule has 1 nitrogen and oxygen atoms in total. The van der Waals surface area contributed by atoms with Crippen molar-refractivity contribution in [1.29, 1.82) is 0 Å². The van der Waals surface area contributed by atoms with Gasteiger partial charge in [0.25, 0.3) is 0 Å². The molecule has 1 heterocycles. The Balaban J connectivity index is 1.29. The predicted octanol–water partition coefficient (Wildman–Crippen LogP) is 9.77. The fourth-order valence-corrected chi connectivity index (χ4v) is 6.13. The fraction of sp³-hybridized carbons (Fsp3) is 0. The quantitative estimate of drug-likeness (QED) is 0.264. The average molecular weight is 452 g/mol. The van der Waals surface area contributed by atoms with Crippen LogP contribution >= 0.6 is 11.3 Å². The van der Waals surface area contributed by atoms with Gasteiger partial charge in [0.05, 0.1) is 10.4 Å². The van der Waals surface area contributed by atoms with Crippen molar-refractivity contribution in [2.24, 2.45) is 0 Å². The largest absolute Gasteiger partial charge is 0.354 e. The molecule has 0 aliphatic rings. The zero-order chi connectivity index (χ0) is 22.5. The Labute approximate surface area is 201 Å². The molecule has 0 radical (unpaired) electrons. The molecule has 2 heteroatoms. The van der Waals surface area contributed by atoms with Crippen molar-refractivity contribution in [2.75, 3.05) is 5.32 Å². The minimum Gasteiger partial charge on any atom is -0.354 e. The van der Waals surface area contributed by atoms with Crippen LogP contribution in [0, 0.1) is 0 Å². The molecule has 0 unspecified atom stereocenters. The van der Waals surface area contributed by atoms with Crippen LogP contribution < -0.4 is 5.32 Å². The Kier molecular flexibility index (Phi) is 4.39. The Hall–Kier alpha value is -4.14. The molecule has 0 amide bonds. The second-order valence-corrected chi connectivity index (χ2v) is 9.76. The summed E-state index contributed by atoms with van der Waals surface area (Å²) in [7, 11) is 0. The highest BCUT2D eigenvalue weighted by atomic mass is 32.1. The van der Waals surface area contributed by atoms with E-state index in [9.17, 15) is 0 Å². The molecule has 1 aromatic heterocycles. The van der Waals surface area contributed by atoms with Gasteiger partial charge in [0, 0.05) is 21.2 Å². The van der Waals surface area contributed by atoms with Gasteiger partial charge >= 0.3 is 0 Å². The zero-order valence-corrected chi connectivity index (χ0v) is 19.3. The second-order valence-electron chi connectivity index (χ2n) is 8.71. The van der Waals surface area contributed by atoms with Gasteiger partial charge in [0.15, 0.2) is 0 Å². The summed E-state index contributed by atoms with van der Waals surface area (Å²) in [5.74, 6) is 0. The molecule has 7 rings (SSSR count). The lowest BCUT2D eigenvalue weighted by Crippen LogP contribution is -1.90. The van der Waals surface area contributed by atoms with E-state index in [1.807, 2.05) is 11.3 Å². The van der Waals surface area contributed by atoms with E-state index < -0.39 is 0 Å². The molecule has 0 spiro atoms. The smallest absolute Gasteiger partial charge is 0.0590 e. The van der Waals surface area contributed by atoms with Gasteiger partial charge in [-0.25, -0.2) is 0 Å².